The highest BCUT2D eigenvalue weighted by molar-refractivity contribution is 5.73. The van der Waals surface area contributed by atoms with E-state index in [1.807, 2.05) is 4.90 Å². The minimum atomic E-state index is 0.187. The van der Waals surface area contributed by atoms with Gasteiger partial charge in [0.05, 0.1) is 0 Å². The highest BCUT2D eigenvalue weighted by Gasteiger charge is 2.19. The van der Waals surface area contributed by atoms with Crippen molar-refractivity contribution in [2.24, 2.45) is 0 Å². The van der Waals surface area contributed by atoms with E-state index in [1.165, 1.54) is 53.7 Å². The largest absolute Gasteiger partial charge is 0.342 e. The van der Waals surface area contributed by atoms with Crippen LogP contribution in [0.5, 0.6) is 0 Å². The molecule has 2 aromatic carbocycles. The van der Waals surface area contributed by atoms with Gasteiger partial charge >= 0.3 is 0 Å². The van der Waals surface area contributed by atoms with E-state index in [2.05, 4.69) is 54.3 Å². The lowest BCUT2D eigenvalue weighted by Gasteiger charge is -2.20. The fourth-order valence-electron chi connectivity index (χ4n) is 4.68. The number of rotatable bonds is 4. The molecule has 148 valence electrons. The molecule has 1 unspecified atom stereocenters. The molecule has 1 fully saturated rings. The molecule has 1 saturated heterocycles. The van der Waals surface area contributed by atoms with Crippen LogP contribution in [0.2, 0.25) is 0 Å². The van der Waals surface area contributed by atoms with E-state index < -0.39 is 0 Å². The average Bonchev–Trinajstić information content (AvgIpc) is 2.99. The summed E-state index contributed by atoms with van der Waals surface area (Å²) in [7, 11) is 0. The van der Waals surface area contributed by atoms with Crippen molar-refractivity contribution in [2.75, 3.05) is 26.2 Å². The van der Waals surface area contributed by atoms with Crippen LogP contribution in [0.25, 0.3) is 11.1 Å². The summed E-state index contributed by atoms with van der Waals surface area (Å²) in [6.07, 6.45) is 5.75. The molecule has 2 aromatic rings. The molecule has 0 N–H and O–H groups in total. The lowest BCUT2D eigenvalue weighted by atomic mass is 9.96. The molecule has 2 heterocycles. The number of amides is 1. The monoisotopic (exact) mass is 376 g/mol. The van der Waals surface area contributed by atoms with Crippen LogP contribution in [-0.4, -0.2) is 47.9 Å². The van der Waals surface area contributed by atoms with Crippen LogP contribution in [0.1, 0.15) is 43.4 Å². The van der Waals surface area contributed by atoms with Gasteiger partial charge in [-0.05, 0) is 73.4 Å². The molecule has 3 nitrogen and oxygen atoms in total. The number of benzene rings is 2. The second-order valence-electron chi connectivity index (χ2n) is 8.46. The molecule has 2 aliphatic rings. The summed E-state index contributed by atoms with van der Waals surface area (Å²) in [5, 5.41) is 0. The van der Waals surface area contributed by atoms with E-state index in [-0.39, 0.29) is 5.91 Å². The van der Waals surface area contributed by atoms with E-state index in [4.69, 9.17) is 0 Å². The first kappa shape index (κ1) is 19.2. The van der Waals surface area contributed by atoms with Crippen molar-refractivity contribution in [1.82, 2.24) is 9.80 Å². The van der Waals surface area contributed by atoms with Gasteiger partial charge in [-0.15, -0.1) is 0 Å². The Morgan fingerprint density at radius 2 is 1.68 bits per heavy atom. The Balaban J connectivity index is 1.43. The van der Waals surface area contributed by atoms with Crippen LogP contribution < -0.4 is 0 Å². The second-order valence-corrected chi connectivity index (χ2v) is 8.46. The molecule has 3 heteroatoms. The maximum atomic E-state index is 11.7. The molecule has 0 saturated carbocycles. The van der Waals surface area contributed by atoms with Crippen molar-refractivity contribution in [3.8, 4) is 11.1 Å². The Morgan fingerprint density at radius 1 is 0.964 bits per heavy atom. The first-order chi connectivity index (χ1) is 13.6. The Hall–Kier alpha value is -2.13. The van der Waals surface area contributed by atoms with Crippen LogP contribution >= 0.6 is 0 Å². The first-order valence-corrected chi connectivity index (χ1v) is 10.8. The van der Waals surface area contributed by atoms with Crippen LogP contribution in [0, 0.1) is 0 Å². The first-order valence-electron chi connectivity index (χ1n) is 10.8. The normalized spacial score (nSPS) is 20.1. The third kappa shape index (κ3) is 4.30. The van der Waals surface area contributed by atoms with Crippen molar-refractivity contribution in [3.05, 3.63) is 59.2 Å². The minimum absolute atomic E-state index is 0.187. The highest BCUT2D eigenvalue weighted by Crippen LogP contribution is 2.26. The third-order valence-corrected chi connectivity index (χ3v) is 6.62. The topological polar surface area (TPSA) is 23.6 Å². The molecule has 28 heavy (non-hydrogen) atoms. The van der Waals surface area contributed by atoms with Crippen LogP contribution in [0.15, 0.2) is 42.5 Å². The summed E-state index contributed by atoms with van der Waals surface area (Å²) < 4.78 is 0. The van der Waals surface area contributed by atoms with Crippen molar-refractivity contribution in [1.29, 1.82) is 0 Å². The molecule has 2 aliphatic heterocycles. The fraction of sp³-hybridized carbons (Fsp3) is 0.480. The van der Waals surface area contributed by atoms with Gasteiger partial charge < -0.3 is 9.80 Å². The Bertz CT molecular complexity index is 827. The quantitative estimate of drug-likeness (QED) is 0.793. The summed E-state index contributed by atoms with van der Waals surface area (Å²) >= 11 is 0. The van der Waals surface area contributed by atoms with Crippen molar-refractivity contribution >= 4 is 5.91 Å². The summed E-state index contributed by atoms with van der Waals surface area (Å²) in [6.45, 7) is 8.13. The van der Waals surface area contributed by atoms with Crippen molar-refractivity contribution in [3.63, 3.8) is 0 Å². The predicted octanol–water partition coefficient (Wildman–Crippen LogP) is 4.33. The number of fused-ring (bicyclic) bond motifs is 1. The van der Waals surface area contributed by atoms with Gasteiger partial charge in [0.15, 0.2) is 0 Å². The SMILES string of the molecule is CC(=O)N1CCc2ccc(-c3ccc(CCN4CCCC4C)cc3)cc2CC1. The third-order valence-electron chi connectivity index (χ3n) is 6.62. The van der Waals surface area contributed by atoms with E-state index in [0.29, 0.717) is 0 Å². The van der Waals surface area contributed by atoms with E-state index in [1.54, 1.807) is 6.92 Å². The van der Waals surface area contributed by atoms with Crippen molar-refractivity contribution in [2.45, 2.75) is 52.0 Å². The van der Waals surface area contributed by atoms with Gasteiger partial charge in [-0.1, -0.05) is 42.5 Å². The second kappa shape index (κ2) is 8.48. The molecule has 0 radical (unpaired) electrons. The Labute approximate surface area is 169 Å². The number of carbonyl (C=O) groups excluding carboxylic acids is 1. The van der Waals surface area contributed by atoms with Gasteiger partial charge in [-0.3, -0.25) is 4.79 Å². The summed E-state index contributed by atoms with van der Waals surface area (Å²) in [5.41, 5.74) is 6.79. The van der Waals surface area contributed by atoms with Gasteiger partial charge in [0, 0.05) is 32.6 Å². The lowest BCUT2D eigenvalue weighted by molar-refractivity contribution is -0.128. The Kier molecular flexibility index (Phi) is 5.82. The molecule has 0 aliphatic carbocycles. The van der Waals surface area contributed by atoms with Gasteiger partial charge in [0.25, 0.3) is 0 Å². The molecule has 1 amide bonds. The summed E-state index contributed by atoms with van der Waals surface area (Å²) in [6, 6.07) is 16.7. The average molecular weight is 377 g/mol. The smallest absolute Gasteiger partial charge is 0.219 e. The maximum Gasteiger partial charge on any atom is 0.219 e. The zero-order valence-electron chi connectivity index (χ0n) is 17.3. The maximum absolute atomic E-state index is 11.7. The van der Waals surface area contributed by atoms with E-state index >= 15 is 0 Å². The standard InChI is InChI=1S/C25H32N2O/c1-19-4-3-14-26(19)15-11-21-5-7-22(8-6-21)24-10-9-23-12-16-27(20(2)28)17-13-25(23)18-24/h5-10,18-19H,3-4,11-17H2,1-2H3. The minimum Gasteiger partial charge on any atom is -0.342 e. The molecular weight excluding hydrogens is 344 g/mol. The van der Waals surface area contributed by atoms with Gasteiger partial charge in [-0.25, -0.2) is 0 Å². The number of likely N-dealkylation sites (tertiary alicyclic amines) is 1. The van der Waals surface area contributed by atoms with Crippen LogP contribution in [-0.2, 0) is 24.1 Å². The molecule has 0 spiro atoms. The van der Waals surface area contributed by atoms with Gasteiger partial charge in [0.1, 0.15) is 0 Å². The molecule has 0 bridgehead atoms. The van der Waals surface area contributed by atoms with Gasteiger partial charge in [-0.2, -0.15) is 0 Å². The number of carbonyl (C=O) groups is 1. The molecule has 1 atom stereocenters. The predicted molar refractivity (Wildman–Crippen MR) is 116 cm³/mol. The zero-order valence-corrected chi connectivity index (χ0v) is 17.3. The van der Waals surface area contributed by atoms with E-state index in [9.17, 15) is 4.79 Å². The number of nitrogens with zero attached hydrogens (tertiary/aromatic N) is 2. The lowest BCUT2D eigenvalue weighted by Crippen LogP contribution is -2.30. The number of hydrogen-bond acceptors (Lipinski definition) is 2. The molecular formula is C25H32N2O. The summed E-state index contributed by atoms with van der Waals surface area (Å²) in [4.78, 5) is 16.3. The van der Waals surface area contributed by atoms with Crippen LogP contribution in [0.3, 0.4) is 0 Å². The Morgan fingerprint density at radius 3 is 2.36 bits per heavy atom. The van der Waals surface area contributed by atoms with Crippen molar-refractivity contribution < 1.29 is 4.79 Å². The fourth-order valence-corrected chi connectivity index (χ4v) is 4.68. The highest BCUT2D eigenvalue weighted by atomic mass is 16.2. The van der Waals surface area contributed by atoms with Gasteiger partial charge in [0.2, 0.25) is 5.91 Å². The number of hydrogen-bond donors (Lipinski definition) is 0. The van der Waals surface area contributed by atoms with Crippen LogP contribution in [0.4, 0.5) is 0 Å². The molecule has 4 rings (SSSR count). The van der Waals surface area contributed by atoms with E-state index in [0.717, 1.165) is 38.4 Å². The summed E-state index contributed by atoms with van der Waals surface area (Å²) in [5.74, 6) is 0.187. The zero-order chi connectivity index (χ0) is 19.5. The molecule has 0 aromatic heterocycles.